The normalized spacial score (nSPS) is 15.3. The van der Waals surface area contributed by atoms with Crippen LogP contribution in [0, 0.1) is 0 Å². The van der Waals surface area contributed by atoms with Crippen LogP contribution in [0.1, 0.15) is 27.2 Å². The highest BCUT2D eigenvalue weighted by molar-refractivity contribution is 6.80. The number of hydrogen-bond acceptors (Lipinski definition) is 1. The summed E-state index contributed by atoms with van der Waals surface area (Å²) in [4.78, 5) is 2.32. The molecule has 0 saturated carbocycles. The fourth-order valence-corrected chi connectivity index (χ4v) is 7.23. The number of rotatable bonds is 8. The van der Waals surface area contributed by atoms with Gasteiger partial charge in [-0.25, -0.2) is 0 Å². The standard InChI is InChI=1S/C13H29NSi/c1-7-10-15(8-2,12-13(3)4)11-9-14(5)6/h3,7-12H2,1-2,4-6H3. The van der Waals surface area contributed by atoms with Crippen molar-refractivity contribution in [3.05, 3.63) is 12.2 Å². The van der Waals surface area contributed by atoms with E-state index in [9.17, 15) is 0 Å². The predicted molar refractivity (Wildman–Crippen MR) is 74.3 cm³/mol. The van der Waals surface area contributed by atoms with Crippen LogP contribution in [0.5, 0.6) is 0 Å². The van der Waals surface area contributed by atoms with E-state index in [0.717, 1.165) is 0 Å². The van der Waals surface area contributed by atoms with Gasteiger partial charge in [-0.15, -0.1) is 6.58 Å². The predicted octanol–water partition coefficient (Wildman–Crippen LogP) is 4.00. The number of allylic oxidation sites excluding steroid dienone is 1. The zero-order chi connectivity index (χ0) is 11.9. The van der Waals surface area contributed by atoms with E-state index in [1.54, 1.807) is 0 Å². The second-order valence-corrected chi connectivity index (χ2v) is 10.4. The first-order chi connectivity index (χ1) is 6.95. The van der Waals surface area contributed by atoms with Gasteiger partial charge in [0.25, 0.3) is 0 Å². The fourth-order valence-electron chi connectivity index (χ4n) is 2.41. The van der Waals surface area contributed by atoms with Crippen LogP contribution in [0.15, 0.2) is 12.2 Å². The minimum absolute atomic E-state index is 1.04. The van der Waals surface area contributed by atoms with Crippen LogP contribution in [0.4, 0.5) is 0 Å². The molecule has 0 fully saturated rings. The van der Waals surface area contributed by atoms with Gasteiger partial charge in [0.1, 0.15) is 0 Å². The summed E-state index contributed by atoms with van der Waals surface area (Å²) in [5.41, 5.74) is 1.40. The fraction of sp³-hybridized carbons (Fsp3) is 0.846. The third-order valence-corrected chi connectivity index (χ3v) is 8.99. The van der Waals surface area contributed by atoms with Gasteiger partial charge in [-0.05, 0) is 39.7 Å². The van der Waals surface area contributed by atoms with Gasteiger partial charge in [-0.1, -0.05) is 37.9 Å². The topological polar surface area (TPSA) is 3.24 Å². The summed E-state index contributed by atoms with van der Waals surface area (Å²) in [5, 5.41) is 0. The first-order valence-corrected chi connectivity index (χ1v) is 9.07. The van der Waals surface area contributed by atoms with Crippen LogP contribution in [-0.2, 0) is 0 Å². The maximum Gasteiger partial charge on any atom is 0.0585 e. The van der Waals surface area contributed by atoms with Crippen LogP contribution < -0.4 is 0 Å². The first kappa shape index (κ1) is 14.9. The van der Waals surface area contributed by atoms with Crippen LogP contribution in [-0.4, -0.2) is 33.6 Å². The highest BCUT2D eigenvalue weighted by Gasteiger charge is 2.29. The molecule has 2 heteroatoms. The minimum Gasteiger partial charge on any atom is -0.310 e. The zero-order valence-corrected chi connectivity index (χ0v) is 12.4. The van der Waals surface area contributed by atoms with Crippen molar-refractivity contribution in [3.8, 4) is 0 Å². The molecule has 0 aromatic carbocycles. The monoisotopic (exact) mass is 227 g/mol. The molecule has 1 unspecified atom stereocenters. The van der Waals surface area contributed by atoms with Crippen molar-refractivity contribution in [2.75, 3.05) is 20.6 Å². The molecule has 0 N–H and O–H groups in total. The maximum absolute atomic E-state index is 4.12. The summed E-state index contributed by atoms with van der Waals surface area (Å²) in [6.45, 7) is 12.3. The number of nitrogens with zero attached hydrogens (tertiary/aromatic N) is 1. The second-order valence-electron chi connectivity index (χ2n) is 5.29. The first-order valence-electron chi connectivity index (χ1n) is 6.25. The van der Waals surface area contributed by atoms with Gasteiger partial charge in [0.15, 0.2) is 0 Å². The van der Waals surface area contributed by atoms with Crippen molar-refractivity contribution in [1.29, 1.82) is 0 Å². The highest BCUT2D eigenvalue weighted by atomic mass is 28.3. The average molecular weight is 227 g/mol. The maximum atomic E-state index is 4.12. The van der Waals surface area contributed by atoms with Gasteiger partial charge in [0.2, 0.25) is 0 Å². The Morgan fingerprint density at radius 3 is 2.13 bits per heavy atom. The lowest BCUT2D eigenvalue weighted by atomic mass is 10.4. The molecule has 0 aliphatic carbocycles. The Bertz CT molecular complexity index is 189. The highest BCUT2D eigenvalue weighted by Crippen LogP contribution is 2.30. The van der Waals surface area contributed by atoms with Crippen LogP contribution in [0.2, 0.25) is 24.2 Å². The molecule has 0 aliphatic rings. The summed E-state index contributed by atoms with van der Waals surface area (Å²) in [6.07, 6.45) is 1.35. The molecule has 1 nitrogen and oxygen atoms in total. The van der Waals surface area contributed by atoms with Crippen molar-refractivity contribution in [1.82, 2.24) is 4.90 Å². The molecule has 0 amide bonds. The summed E-state index contributed by atoms with van der Waals surface area (Å²) >= 11 is 0. The molecule has 1 atom stereocenters. The van der Waals surface area contributed by atoms with Gasteiger partial charge in [0.05, 0.1) is 8.07 Å². The molecule has 0 saturated heterocycles. The van der Waals surface area contributed by atoms with Crippen molar-refractivity contribution in [2.45, 2.75) is 51.4 Å². The molecule has 0 rings (SSSR count). The average Bonchev–Trinajstić information content (AvgIpc) is 2.14. The lowest BCUT2D eigenvalue weighted by Crippen LogP contribution is -2.36. The van der Waals surface area contributed by atoms with E-state index in [0.29, 0.717) is 0 Å². The molecule has 0 bridgehead atoms. The molecular weight excluding hydrogens is 198 g/mol. The Kier molecular flexibility index (Phi) is 7.19. The third-order valence-electron chi connectivity index (χ3n) is 3.30. The Labute approximate surface area is 97.6 Å². The van der Waals surface area contributed by atoms with Crippen LogP contribution >= 0.6 is 0 Å². The molecule has 0 radical (unpaired) electrons. The SMILES string of the molecule is C=C(C)C[Si](CC)(CCC)CCN(C)C. The van der Waals surface area contributed by atoms with E-state index >= 15 is 0 Å². The van der Waals surface area contributed by atoms with E-state index in [1.165, 1.54) is 42.7 Å². The zero-order valence-electron chi connectivity index (χ0n) is 11.4. The van der Waals surface area contributed by atoms with Crippen molar-refractivity contribution in [3.63, 3.8) is 0 Å². The van der Waals surface area contributed by atoms with E-state index in [1.807, 2.05) is 0 Å². The molecule has 0 aromatic heterocycles. The lowest BCUT2D eigenvalue weighted by Gasteiger charge is -2.32. The van der Waals surface area contributed by atoms with Crippen molar-refractivity contribution < 1.29 is 0 Å². The van der Waals surface area contributed by atoms with E-state index in [4.69, 9.17) is 0 Å². The van der Waals surface area contributed by atoms with Crippen LogP contribution in [0.3, 0.4) is 0 Å². The van der Waals surface area contributed by atoms with Gasteiger partial charge >= 0.3 is 0 Å². The third kappa shape index (κ3) is 6.16. The summed E-state index contributed by atoms with van der Waals surface area (Å²) < 4.78 is 0. The molecule has 0 spiro atoms. The van der Waals surface area contributed by atoms with Gasteiger partial charge in [-0.3, -0.25) is 0 Å². The Morgan fingerprint density at radius 1 is 1.20 bits per heavy atom. The summed E-state index contributed by atoms with van der Waals surface area (Å²) in [7, 11) is 3.33. The minimum atomic E-state index is -1.04. The van der Waals surface area contributed by atoms with Gasteiger partial charge in [0, 0.05) is 0 Å². The van der Waals surface area contributed by atoms with Crippen LogP contribution in [0.25, 0.3) is 0 Å². The lowest BCUT2D eigenvalue weighted by molar-refractivity contribution is 0.430. The van der Waals surface area contributed by atoms with E-state index < -0.39 is 8.07 Å². The molecule has 0 aliphatic heterocycles. The van der Waals surface area contributed by atoms with E-state index in [-0.39, 0.29) is 0 Å². The molecule has 0 aromatic rings. The Morgan fingerprint density at radius 2 is 1.80 bits per heavy atom. The summed E-state index contributed by atoms with van der Waals surface area (Å²) in [6, 6.07) is 5.67. The largest absolute Gasteiger partial charge is 0.310 e. The van der Waals surface area contributed by atoms with Crippen molar-refractivity contribution >= 4 is 8.07 Å². The van der Waals surface area contributed by atoms with E-state index in [2.05, 4.69) is 46.3 Å². The smallest absolute Gasteiger partial charge is 0.0585 e. The quantitative estimate of drug-likeness (QED) is 0.447. The molecule has 15 heavy (non-hydrogen) atoms. The Balaban J connectivity index is 4.41. The summed E-state index contributed by atoms with van der Waals surface area (Å²) in [5.74, 6) is 0. The van der Waals surface area contributed by atoms with Gasteiger partial charge in [-0.2, -0.15) is 0 Å². The second kappa shape index (κ2) is 7.23. The van der Waals surface area contributed by atoms with Gasteiger partial charge < -0.3 is 4.90 Å². The molecule has 90 valence electrons. The molecular formula is C13H29NSi. The molecule has 0 heterocycles. The number of hydrogen-bond donors (Lipinski definition) is 0. The van der Waals surface area contributed by atoms with Crippen molar-refractivity contribution in [2.24, 2.45) is 0 Å². The Hall–Kier alpha value is -0.0831.